The van der Waals surface area contributed by atoms with E-state index < -0.39 is 8.80 Å². The lowest BCUT2D eigenvalue weighted by molar-refractivity contribution is 0.0918. The summed E-state index contributed by atoms with van der Waals surface area (Å²) in [7, 11) is 1.73. The SMILES string of the molecule is CCCC(C)(C)Oc1ccc(OC(C)(C)CCC)c([Si](OC)(OC)OC)c1. The summed E-state index contributed by atoms with van der Waals surface area (Å²) in [4.78, 5) is 0. The largest absolute Gasteiger partial charge is 0.540 e. The standard InChI is InChI=1S/C21H38O5Si/c1-10-14-20(3,4)25-17-12-13-18(26-21(5,6)15-11-2)19(16-17)27(22-7,23-8)24-9/h12-13,16H,10-11,14-15H2,1-9H3. The van der Waals surface area contributed by atoms with Gasteiger partial charge in [-0.25, -0.2) is 0 Å². The van der Waals surface area contributed by atoms with Gasteiger partial charge in [-0.3, -0.25) is 0 Å². The molecule has 0 saturated carbocycles. The highest BCUT2D eigenvalue weighted by molar-refractivity contribution is 6.76. The molecule has 0 atom stereocenters. The highest BCUT2D eigenvalue weighted by Gasteiger charge is 2.45. The van der Waals surface area contributed by atoms with E-state index in [1.165, 1.54) is 0 Å². The third-order valence-electron chi connectivity index (χ3n) is 4.57. The zero-order chi connectivity index (χ0) is 20.7. The van der Waals surface area contributed by atoms with Gasteiger partial charge >= 0.3 is 8.80 Å². The molecule has 27 heavy (non-hydrogen) atoms. The van der Waals surface area contributed by atoms with E-state index >= 15 is 0 Å². The first kappa shape index (κ1) is 24.0. The molecule has 0 aliphatic carbocycles. The molecule has 6 heteroatoms. The minimum absolute atomic E-state index is 0.257. The summed E-state index contributed by atoms with van der Waals surface area (Å²) >= 11 is 0. The van der Waals surface area contributed by atoms with Gasteiger partial charge in [-0.2, -0.15) is 0 Å². The molecule has 0 aromatic heterocycles. The Morgan fingerprint density at radius 1 is 0.778 bits per heavy atom. The molecule has 0 aliphatic heterocycles. The molecule has 156 valence electrons. The van der Waals surface area contributed by atoms with Gasteiger partial charge in [0.05, 0.1) is 5.19 Å². The van der Waals surface area contributed by atoms with Crippen LogP contribution in [0.1, 0.15) is 67.2 Å². The fraction of sp³-hybridized carbons (Fsp3) is 0.714. The van der Waals surface area contributed by atoms with Gasteiger partial charge in [0.15, 0.2) is 0 Å². The van der Waals surface area contributed by atoms with Crippen molar-refractivity contribution in [1.29, 1.82) is 0 Å². The van der Waals surface area contributed by atoms with Crippen molar-refractivity contribution in [3.05, 3.63) is 18.2 Å². The van der Waals surface area contributed by atoms with E-state index in [9.17, 15) is 0 Å². The van der Waals surface area contributed by atoms with Gasteiger partial charge in [0.1, 0.15) is 22.7 Å². The summed E-state index contributed by atoms with van der Waals surface area (Å²) in [5.41, 5.74) is -0.559. The van der Waals surface area contributed by atoms with Crippen molar-refractivity contribution in [2.24, 2.45) is 0 Å². The molecule has 0 saturated heterocycles. The van der Waals surface area contributed by atoms with E-state index in [0.29, 0.717) is 5.75 Å². The predicted molar refractivity (Wildman–Crippen MR) is 112 cm³/mol. The summed E-state index contributed by atoms with van der Waals surface area (Å²) in [6, 6.07) is 5.82. The van der Waals surface area contributed by atoms with Crippen LogP contribution in [0.2, 0.25) is 0 Å². The van der Waals surface area contributed by atoms with Crippen molar-refractivity contribution in [2.45, 2.75) is 78.4 Å². The molecule has 0 N–H and O–H groups in total. The van der Waals surface area contributed by atoms with Crippen LogP contribution in [0.3, 0.4) is 0 Å². The molecule has 1 aromatic rings. The highest BCUT2D eigenvalue weighted by atomic mass is 28.4. The average Bonchev–Trinajstić information content (AvgIpc) is 2.58. The van der Waals surface area contributed by atoms with E-state index in [1.54, 1.807) is 21.3 Å². The quantitative estimate of drug-likeness (QED) is 0.478. The third kappa shape index (κ3) is 6.49. The third-order valence-corrected chi connectivity index (χ3v) is 7.23. The molecule has 1 rings (SSSR count). The minimum Gasteiger partial charge on any atom is -0.488 e. The van der Waals surface area contributed by atoms with E-state index in [-0.39, 0.29) is 11.2 Å². The molecule has 0 aliphatic rings. The Kier molecular flexibility index (Phi) is 8.80. The van der Waals surface area contributed by atoms with Crippen molar-refractivity contribution < 1.29 is 22.8 Å². The van der Waals surface area contributed by atoms with Crippen LogP contribution in [0.5, 0.6) is 11.5 Å². The zero-order valence-electron chi connectivity index (χ0n) is 18.6. The van der Waals surface area contributed by atoms with Crippen LogP contribution in [0.4, 0.5) is 0 Å². The Bertz CT molecular complexity index is 574. The summed E-state index contributed by atoms with van der Waals surface area (Å²) < 4.78 is 29.8. The number of hydrogen-bond acceptors (Lipinski definition) is 5. The first-order valence-electron chi connectivity index (χ1n) is 9.76. The maximum Gasteiger partial charge on any atom is 0.540 e. The second-order valence-corrected chi connectivity index (χ2v) is 10.9. The van der Waals surface area contributed by atoms with Crippen molar-refractivity contribution in [3.8, 4) is 11.5 Å². The fourth-order valence-electron chi connectivity index (χ4n) is 3.40. The lowest BCUT2D eigenvalue weighted by Gasteiger charge is -2.32. The molecule has 0 bridgehead atoms. The van der Waals surface area contributed by atoms with Crippen LogP contribution in [-0.4, -0.2) is 41.3 Å². The Labute approximate surface area is 166 Å². The number of ether oxygens (including phenoxy) is 2. The molecule has 0 radical (unpaired) electrons. The van der Waals surface area contributed by atoms with Gasteiger partial charge in [0.2, 0.25) is 0 Å². The molecular formula is C21H38O5Si. The van der Waals surface area contributed by atoms with Crippen LogP contribution in [-0.2, 0) is 13.3 Å². The normalized spacial score (nSPS) is 12.9. The number of rotatable bonds is 12. The molecular weight excluding hydrogens is 360 g/mol. The summed E-state index contributed by atoms with van der Waals surface area (Å²) in [6.45, 7) is 12.7. The van der Waals surface area contributed by atoms with E-state index in [0.717, 1.165) is 36.6 Å². The van der Waals surface area contributed by atoms with E-state index in [1.807, 2.05) is 18.2 Å². The highest BCUT2D eigenvalue weighted by Crippen LogP contribution is 2.29. The molecule has 0 heterocycles. The second-order valence-electron chi connectivity index (χ2n) is 8.05. The lowest BCUT2D eigenvalue weighted by Crippen LogP contribution is -2.55. The van der Waals surface area contributed by atoms with Crippen LogP contribution in [0.15, 0.2) is 18.2 Å². The maximum atomic E-state index is 6.36. The first-order chi connectivity index (χ1) is 12.6. The lowest BCUT2D eigenvalue weighted by atomic mass is 10.0. The average molecular weight is 399 g/mol. The van der Waals surface area contributed by atoms with E-state index in [2.05, 4.69) is 41.5 Å². The van der Waals surface area contributed by atoms with Crippen molar-refractivity contribution in [3.63, 3.8) is 0 Å². The van der Waals surface area contributed by atoms with Gasteiger partial charge in [-0.1, -0.05) is 26.7 Å². The van der Waals surface area contributed by atoms with Gasteiger partial charge in [0.25, 0.3) is 0 Å². The van der Waals surface area contributed by atoms with E-state index in [4.69, 9.17) is 22.8 Å². The fourth-order valence-corrected chi connectivity index (χ4v) is 5.32. The Morgan fingerprint density at radius 2 is 1.26 bits per heavy atom. The monoisotopic (exact) mass is 398 g/mol. The number of benzene rings is 1. The molecule has 0 spiro atoms. The van der Waals surface area contributed by atoms with Crippen LogP contribution < -0.4 is 14.7 Å². The van der Waals surface area contributed by atoms with Gasteiger partial charge in [0, 0.05) is 21.3 Å². The maximum absolute atomic E-state index is 6.36. The van der Waals surface area contributed by atoms with Crippen molar-refractivity contribution >= 4 is 14.0 Å². The Balaban J connectivity index is 3.39. The zero-order valence-corrected chi connectivity index (χ0v) is 19.6. The van der Waals surface area contributed by atoms with Crippen molar-refractivity contribution in [2.75, 3.05) is 21.3 Å². The number of hydrogen-bond donors (Lipinski definition) is 0. The summed E-state index contributed by atoms with van der Waals surface area (Å²) in [5, 5.41) is 0.781. The van der Waals surface area contributed by atoms with Gasteiger partial charge in [-0.15, -0.1) is 0 Å². The van der Waals surface area contributed by atoms with Crippen LogP contribution in [0.25, 0.3) is 0 Å². The molecule has 0 amide bonds. The first-order valence-corrected chi connectivity index (χ1v) is 11.5. The van der Waals surface area contributed by atoms with Crippen molar-refractivity contribution in [1.82, 2.24) is 0 Å². The van der Waals surface area contributed by atoms with Gasteiger partial charge in [-0.05, 0) is 58.7 Å². The summed E-state index contributed by atoms with van der Waals surface area (Å²) in [6.07, 6.45) is 4.00. The molecule has 0 fully saturated rings. The predicted octanol–water partition coefficient (Wildman–Crippen LogP) is 4.69. The molecule has 0 unspecified atom stereocenters. The van der Waals surface area contributed by atoms with Crippen LogP contribution >= 0.6 is 0 Å². The van der Waals surface area contributed by atoms with Gasteiger partial charge < -0.3 is 22.8 Å². The summed E-state index contributed by atoms with van der Waals surface area (Å²) in [5.74, 6) is 1.47. The Hall–Kier alpha value is -1.08. The molecule has 1 aromatic carbocycles. The minimum atomic E-state index is -3.09. The Morgan fingerprint density at radius 3 is 1.70 bits per heavy atom. The second kappa shape index (κ2) is 9.91. The smallest absolute Gasteiger partial charge is 0.488 e. The topological polar surface area (TPSA) is 46.2 Å². The van der Waals surface area contributed by atoms with Crippen LogP contribution in [0, 0.1) is 0 Å². The molecule has 5 nitrogen and oxygen atoms in total.